The maximum atomic E-state index is 14.7. The molecule has 5 rings (SSSR count). The fourth-order valence-electron chi connectivity index (χ4n) is 12.5. The van der Waals surface area contributed by atoms with Crippen LogP contribution < -0.4 is 9.47 Å². The van der Waals surface area contributed by atoms with E-state index in [0.29, 0.717) is 41.8 Å². The highest BCUT2D eigenvalue weighted by atomic mass is 16.7. The van der Waals surface area contributed by atoms with Crippen LogP contribution in [0, 0.1) is 24.7 Å². The molecule has 22 nitrogen and oxygen atoms in total. The van der Waals surface area contributed by atoms with Gasteiger partial charge in [-0.05, 0) is 134 Å². The molecule has 18 atom stereocenters. The first-order valence-electron chi connectivity index (χ1n) is 29.4. The van der Waals surface area contributed by atoms with Crippen LogP contribution >= 0.6 is 0 Å². The molecule has 472 valence electrons. The molecule has 3 fully saturated rings. The predicted molar refractivity (Wildman–Crippen MR) is 303 cm³/mol. The second kappa shape index (κ2) is 29.4. The number of carbonyl (C=O) groups is 5. The highest BCUT2D eigenvalue weighted by Crippen LogP contribution is 2.44. The van der Waals surface area contributed by atoms with Crippen LogP contribution in [0.1, 0.15) is 161 Å². The van der Waals surface area contributed by atoms with E-state index in [1.807, 2.05) is 50.7 Å². The molecule has 0 spiro atoms. The lowest BCUT2D eigenvalue weighted by Crippen LogP contribution is -2.61. The third kappa shape index (κ3) is 16.6. The van der Waals surface area contributed by atoms with Crippen molar-refractivity contribution in [1.29, 1.82) is 0 Å². The number of benzene rings is 1. The van der Waals surface area contributed by atoms with E-state index >= 15 is 0 Å². The highest BCUT2D eigenvalue weighted by molar-refractivity contribution is 5.99. The number of esters is 5. The van der Waals surface area contributed by atoms with Gasteiger partial charge in [-0.25, -0.2) is 4.79 Å². The molecule has 3 saturated heterocycles. The van der Waals surface area contributed by atoms with Crippen molar-refractivity contribution < 1.29 is 96.5 Å². The van der Waals surface area contributed by atoms with E-state index in [4.69, 9.17) is 52.1 Å². The predicted octanol–water partition coefficient (Wildman–Crippen LogP) is 5.66. The molecule has 4 heterocycles. The van der Waals surface area contributed by atoms with Crippen molar-refractivity contribution in [3.63, 3.8) is 0 Å². The number of rotatable bonds is 19. The molecular weight excluding hydrogens is 1080 g/mol. The van der Waals surface area contributed by atoms with Crippen molar-refractivity contribution in [3.05, 3.63) is 33.9 Å². The number of fused-ring (bicyclic) bond motifs is 1. The number of cyclic esters (lactones) is 2. The molecule has 4 aliphatic heterocycles. The van der Waals surface area contributed by atoms with Gasteiger partial charge in [0.15, 0.2) is 24.4 Å². The number of allylic oxidation sites excluding steroid dienone is 2. The van der Waals surface area contributed by atoms with Gasteiger partial charge >= 0.3 is 29.8 Å². The summed E-state index contributed by atoms with van der Waals surface area (Å²) in [5.74, 6) is -5.52. The van der Waals surface area contributed by atoms with Crippen molar-refractivity contribution in [2.75, 3.05) is 48.5 Å². The van der Waals surface area contributed by atoms with Gasteiger partial charge in [-0.1, -0.05) is 32.4 Å². The van der Waals surface area contributed by atoms with Gasteiger partial charge in [-0.3, -0.25) is 19.2 Å². The summed E-state index contributed by atoms with van der Waals surface area (Å²) in [7, 11) is 8.38. The van der Waals surface area contributed by atoms with E-state index in [2.05, 4.69) is 0 Å². The van der Waals surface area contributed by atoms with Crippen molar-refractivity contribution >= 4 is 29.8 Å². The molecule has 22 heteroatoms. The molecule has 1 unspecified atom stereocenters. The van der Waals surface area contributed by atoms with Gasteiger partial charge in [0.1, 0.15) is 41.8 Å². The monoisotopic (exact) mass is 1180 g/mol. The number of carbonyl (C=O) groups excluding carboxylic acids is 5. The quantitative estimate of drug-likeness (QED) is 0.0563. The number of hydrogen-bond acceptors (Lipinski definition) is 22. The molecule has 0 aliphatic carbocycles. The maximum Gasteiger partial charge on any atom is 0.342 e. The summed E-state index contributed by atoms with van der Waals surface area (Å²) in [5, 5.41) is 48.0. The molecule has 0 bridgehead atoms. The summed E-state index contributed by atoms with van der Waals surface area (Å²) >= 11 is 0. The molecule has 83 heavy (non-hydrogen) atoms. The number of aliphatic hydroxyl groups excluding tert-OH is 2. The molecule has 0 radical (unpaired) electrons. The Morgan fingerprint density at radius 3 is 2.12 bits per heavy atom. The van der Waals surface area contributed by atoms with Crippen LogP contribution in [-0.2, 0) is 74.8 Å². The molecule has 1 aromatic rings. The second-order valence-corrected chi connectivity index (χ2v) is 24.6. The van der Waals surface area contributed by atoms with Gasteiger partial charge in [-0.15, -0.1) is 0 Å². The zero-order valence-corrected chi connectivity index (χ0v) is 52.4. The third-order valence-electron chi connectivity index (χ3n) is 17.5. The summed E-state index contributed by atoms with van der Waals surface area (Å²) in [6.07, 6.45) is -8.58. The Kier molecular flexibility index (Phi) is 24.6. The summed E-state index contributed by atoms with van der Waals surface area (Å²) in [6, 6.07) is -1.17. The van der Waals surface area contributed by atoms with Crippen LogP contribution in [0.15, 0.2) is 11.6 Å². The van der Waals surface area contributed by atoms with Gasteiger partial charge in [-0.2, -0.15) is 0 Å². The van der Waals surface area contributed by atoms with E-state index < -0.39 is 139 Å². The largest absolute Gasteiger partial charge is 0.496 e. The van der Waals surface area contributed by atoms with E-state index in [1.165, 1.54) is 21.1 Å². The maximum absolute atomic E-state index is 14.7. The number of likely N-dealkylation sites (N-methyl/N-ethyl adjacent to an activating group) is 2. The van der Waals surface area contributed by atoms with Crippen LogP contribution in [0.3, 0.4) is 0 Å². The average molecular weight is 1180 g/mol. The number of ether oxygens (including phenoxy) is 11. The Morgan fingerprint density at radius 2 is 1.51 bits per heavy atom. The standard InChI is InChI=1S/C61H98N2O20/c1-19-43-61(13,72)53(67)38(9)63(16)30-33(4)28-59(11,71)55(36(7)49(37(8)56(69)79-43)82-47-29-60(12,74-18)54(68)39(10)78-47)83-58-52(42(62(14)15)27-34(5)77-58)81-46(66)26-25-45(65)80-51-40(23-21-32(3)22-24-44(64)75-20-2)50(73-17)35(6)41-31-76-57(70)48(41)51/h21,33-34,36-39,42-43,47,49,52-55,58,67-68,71-72H,19-20,22-31H2,1-18H3/t33-,34-,36+,37-,38-,39+,42?,43-,47+,49+,52-,53-,54+,55-,58+,59-,60-,61-/m1/s1. The van der Waals surface area contributed by atoms with Gasteiger partial charge in [0.25, 0.3) is 0 Å². The lowest BCUT2D eigenvalue weighted by atomic mass is 9.77. The lowest BCUT2D eigenvalue weighted by molar-refractivity contribution is -0.319. The Hall–Kier alpha value is -4.33. The van der Waals surface area contributed by atoms with Crippen LogP contribution in [0.25, 0.3) is 0 Å². The summed E-state index contributed by atoms with van der Waals surface area (Å²) < 4.78 is 67.4. The number of aliphatic hydroxyl groups is 4. The molecule has 4 aliphatic rings. The van der Waals surface area contributed by atoms with Gasteiger partial charge in [0.05, 0.1) is 74.1 Å². The van der Waals surface area contributed by atoms with Gasteiger partial charge < -0.3 is 82.3 Å². The van der Waals surface area contributed by atoms with Crippen molar-refractivity contribution in [2.45, 2.75) is 245 Å². The fraction of sp³-hybridized carbons (Fsp3) is 0.787. The van der Waals surface area contributed by atoms with E-state index in [0.717, 1.165) is 5.57 Å². The highest BCUT2D eigenvalue weighted by Gasteiger charge is 2.53. The molecule has 0 aromatic heterocycles. The summed E-state index contributed by atoms with van der Waals surface area (Å²) in [5.41, 5.74) is -2.34. The van der Waals surface area contributed by atoms with E-state index in [9.17, 15) is 44.4 Å². The minimum Gasteiger partial charge on any atom is -0.496 e. The summed E-state index contributed by atoms with van der Waals surface area (Å²) in [4.78, 5) is 72.1. The minimum absolute atomic E-state index is 0.0347. The van der Waals surface area contributed by atoms with Crippen LogP contribution in [0.2, 0.25) is 0 Å². The van der Waals surface area contributed by atoms with Crippen LogP contribution in [-0.4, -0.2) is 199 Å². The fourth-order valence-corrected chi connectivity index (χ4v) is 12.5. The number of hydrogen-bond donors (Lipinski definition) is 4. The lowest BCUT2D eigenvalue weighted by Gasteiger charge is -2.49. The first-order chi connectivity index (χ1) is 38.8. The third-order valence-corrected chi connectivity index (χ3v) is 17.5. The molecular formula is C61H98N2O20. The molecule has 0 amide bonds. The second-order valence-electron chi connectivity index (χ2n) is 24.6. The Labute approximate surface area is 491 Å². The summed E-state index contributed by atoms with van der Waals surface area (Å²) in [6.45, 7) is 23.0. The van der Waals surface area contributed by atoms with E-state index in [-0.39, 0.29) is 68.5 Å². The number of methoxy groups -OCH3 is 2. The smallest absolute Gasteiger partial charge is 0.342 e. The van der Waals surface area contributed by atoms with Gasteiger partial charge in [0, 0.05) is 49.6 Å². The Morgan fingerprint density at radius 1 is 0.855 bits per heavy atom. The van der Waals surface area contributed by atoms with E-state index in [1.54, 1.807) is 69.4 Å². The van der Waals surface area contributed by atoms with Crippen LogP contribution in [0.5, 0.6) is 11.5 Å². The topological polar surface area (TPSA) is 274 Å². The zero-order chi connectivity index (χ0) is 62.2. The van der Waals surface area contributed by atoms with Gasteiger partial charge in [0.2, 0.25) is 0 Å². The Bertz CT molecular complexity index is 2430. The first-order valence-corrected chi connectivity index (χ1v) is 29.4. The molecule has 4 N–H and O–H groups in total. The normalized spacial score (nSPS) is 36.0. The molecule has 1 aromatic carbocycles. The van der Waals surface area contributed by atoms with Crippen molar-refractivity contribution in [1.82, 2.24) is 9.80 Å². The van der Waals surface area contributed by atoms with Crippen molar-refractivity contribution in [2.24, 2.45) is 17.8 Å². The average Bonchev–Trinajstić information content (AvgIpc) is 2.48. The number of nitrogens with zero attached hydrogens (tertiary/aromatic N) is 2. The minimum atomic E-state index is -1.90. The van der Waals surface area contributed by atoms with Crippen molar-refractivity contribution in [3.8, 4) is 11.5 Å². The molecule has 0 saturated carbocycles. The zero-order valence-electron chi connectivity index (χ0n) is 52.4. The Balaban J connectivity index is 1.51. The van der Waals surface area contributed by atoms with Crippen LogP contribution in [0.4, 0.5) is 0 Å². The SMILES string of the molecule is CCOC(=O)CCC(C)=CCc1c(OC)c(C)c2c(c1OC(=O)CCC(=O)O[C@@H]1C(N(C)C)C[C@@H](C)O[C@H]1O[C@@H]1[C@@H](C)[C@H](O[C@H]3C[C@@](C)(OC)[C@@H](O)[C@H](C)O3)[C@@H](C)C(=O)O[C@H](CC)[C@@](C)(O)[C@H](O)[C@@H](C)N(C)C[C@H](C)C[C@@]1(C)O)C(=O)OC2. The first kappa shape index (κ1) is 69.4.